The number of ketones is 2. The van der Waals surface area contributed by atoms with E-state index in [1.807, 2.05) is 13.8 Å². The predicted molar refractivity (Wildman–Crippen MR) is 372 cm³/mol. The zero-order valence-electron chi connectivity index (χ0n) is 61.7. The minimum atomic E-state index is -0.689. The van der Waals surface area contributed by atoms with Crippen LogP contribution >= 0.6 is 0 Å². The lowest BCUT2D eigenvalue weighted by molar-refractivity contribution is -0.160. The van der Waals surface area contributed by atoms with Gasteiger partial charge in [0, 0.05) is 33.4 Å². The molecule has 0 aliphatic carbocycles. The Morgan fingerprint density at radius 1 is 0.340 bits per heavy atom. The first-order chi connectivity index (χ1) is 43.3. The van der Waals surface area contributed by atoms with E-state index in [9.17, 15) is 28.8 Å². The van der Waals surface area contributed by atoms with Crippen LogP contribution in [0.3, 0.4) is 0 Å². The molecule has 0 aromatic heterocycles. The van der Waals surface area contributed by atoms with E-state index in [4.69, 9.17) is 47.4 Å². The molecule has 0 unspecified atom stereocenters. The van der Waals surface area contributed by atoms with Gasteiger partial charge < -0.3 is 47.4 Å². The summed E-state index contributed by atoms with van der Waals surface area (Å²) in [7, 11) is 0. The van der Waals surface area contributed by atoms with Crippen LogP contribution in [-0.4, -0.2) is 75.8 Å². The van der Waals surface area contributed by atoms with Gasteiger partial charge >= 0.3 is 23.9 Å². The lowest BCUT2D eigenvalue weighted by Crippen LogP contribution is -2.26. The fourth-order valence-electron chi connectivity index (χ4n) is 8.56. The monoisotopic (exact) mass is 1300 g/mol. The first-order valence-corrected chi connectivity index (χ1v) is 32.8. The summed E-state index contributed by atoms with van der Waals surface area (Å²) in [6.45, 7) is 50.9. The van der Waals surface area contributed by atoms with Gasteiger partial charge in [0.2, 0.25) is 27.2 Å². The number of carbonyl (C=O) groups is 6. The molecule has 16 heteroatoms. The molecular formula is C78H112O16. The summed E-state index contributed by atoms with van der Waals surface area (Å²) in [5, 5.41) is 0. The van der Waals surface area contributed by atoms with Crippen LogP contribution in [0, 0.1) is 21.7 Å². The Morgan fingerprint density at radius 2 is 0.596 bits per heavy atom. The zero-order chi connectivity index (χ0) is 71.6. The molecule has 16 nitrogen and oxygen atoms in total. The van der Waals surface area contributed by atoms with E-state index in [0.717, 1.165) is 47.9 Å². The number of hydrogen-bond donors (Lipinski definition) is 0. The quantitative estimate of drug-likeness (QED) is 0.0171. The van der Waals surface area contributed by atoms with Crippen molar-refractivity contribution in [2.75, 3.05) is 40.4 Å². The van der Waals surface area contributed by atoms with Gasteiger partial charge in [-0.15, -0.1) is 0 Å². The van der Waals surface area contributed by atoms with Crippen molar-refractivity contribution >= 4 is 47.6 Å². The van der Waals surface area contributed by atoms with Crippen molar-refractivity contribution in [3.05, 3.63) is 117 Å². The standard InChI is InChI=1S/C40H58O8.C38H54O8/c1-14-23-44-33-29(21-22-32(41)27-17-19-28(20-18-27)45-25-47-35(42)37(4,5)6)34(46-26-48-36(43)38(7,8)9)31(40(12,13)16-3)24-30(33)39(10,11)15-2;1-14-21-42-31-27(19-20-30(39)25-15-17-26(18-16-25)43-23-45-33(40)37(8,9)10)32(44-24-46-34(41)38(11,12)13)29(36(5,6)7)22-28(31)35(2,3)4/h17-22,24H,14-16,23,25-26H2,1-13H3;15-20,22H,14,21,23-24H2,1-13H3/b22-21+;20-19+. The van der Waals surface area contributed by atoms with Gasteiger partial charge in [-0.2, -0.15) is 0 Å². The van der Waals surface area contributed by atoms with Crippen molar-refractivity contribution in [1.29, 1.82) is 0 Å². The van der Waals surface area contributed by atoms with E-state index in [2.05, 4.69) is 95.2 Å². The van der Waals surface area contributed by atoms with Gasteiger partial charge in [0.15, 0.2) is 11.6 Å². The Morgan fingerprint density at radius 3 is 0.862 bits per heavy atom. The number of esters is 4. The summed E-state index contributed by atoms with van der Waals surface area (Å²) >= 11 is 0. The highest BCUT2D eigenvalue weighted by atomic mass is 16.7. The van der Waals surface area contributed by atoms with Gasteiger partial charge in [-0.25, -0.2) is 0 Å². The molecule has 4 aromatic rings. The molecule has 0 atom stereocenters. The average Bonchev–Trinajstić information content (AvgIpc) is 0.762. The van der Waals surface area contributed by atoms with E-state index < -0.39 is 21.7 Å². The number of benzene rings is 4. The third-order valence-electron chi connectivity index (χ3n) is 15.4. The van der Waals surface area contributed by atoms with E-state index >= 15 is 0 Å². The molecule has 0 amide bonds. The molecule has 0 saturated carbocycles. The predicted octanol–water partition coefficient (Wildman–Crippen LogP) is 18.4. The Bertz CT molecular complexity index is 3260. The molecule has 0 heterocycles. The second-order valence-electron chi connectivity index (χ2n) is 31.0. The minimum Gasteiger partial charge on any atom is -0.493 e. The van der Waals surface area contributed by atoms with Crippen molar-refractivity contribution in [3.8, 4) is 34.5 Å². The van der Waals surface area contributed by atoms with Gasteiger partial charge in [0.1, 0.15) is 34.5 Å². The maximum Gasteiger partial charge on any atom is 0.314 e. The Hall–Kier alpha value is -7.62. The van der Waals surface area contributed by atoms with Crippen molar-refractivity contribution in [3.63, 3.8) is 0 Å². The minimum absolute atomic E-state index is 0.224. The van der Waals surface area contributed by atoms with Crippen LogP contribution in [-0.2, 0) is 59.8 Å². The Balaban J connectivity index is 0.000000491. The largest absolute Gasteiger partial charge is 0.493 e. The topological polar surface area (TPSA) is 195 Å². The summed E-state index contributed by atoms with van der Waals surface area (Å²) in [6, 6.07) is 17.5. The van der Waals surface area contributed by atoms with Crippen molar-refractivity contribution in [2.45, 2.75) is 227 Å². The molecule has 4 rings (SSSR count). The van der Waals surface area contributed by atoms with E-state index in [1.54, 1.807) is 144 Å². The molecule has 520 valence electrons. The van der Waals surface area contributed by atoms with Crippen molar-refractivity contribution in [2.24, 2.45) is 21.7 Å². The third kappa shape index (κ3) is 24.0. The summed E-state index contributed by atoms with van der Waals surface area (Å²) in [4.78, 5) is 76.1. The van der Waals surface area contributed by atoms with Crippen LogP contribution in [0.25, 0.3) is 12.2 Å². The van der Waals surface area contributed by atoms with Gasteiger partial charge in [-0.3, -0.25) is 28.8 Å². The average molecular weight is 1310 g/mol. The van der Waals surface area contributed by atoms with Gasteiger partial charge in [0.25, 0.3) is 0 Å². The first-order valence-electron chi connectivity index (χ1n) is 32.8. The number of carbonyl (C=O) groups excluding carboxylic acids is 6. The summed E-state index contributed by atoms with van der Waals surface area (Å²) in [5.41, 5.74) is 2.12. The molecule has 0 saturated heterocycles. The van der Waals surface area contributed by atoms with Gasteiger partial charge in [0.05, 0.1) is 46.0 Å². The first kappa shape index (κ1) is 80.6. The Labute approximate surface area is 562 Å². The second kappa shape index (κ2) is 33.7. The maximum absolute atomic E-state index is 13.5. The smallest absolute Gasteiger partial charge is 0.314 e. The van der Waals surface area contributed by atoms with Gasteiger partial charge in [-0.1, -0.05) is 96.9 Å². The van der Waals surface area contributed by atoms with Crippen molar-refractivity contribution < 1.29 is 76.1 Å². The summed E-state index contributed by atoms with van der Waals surface area (Å²) in [6.07, 6.45) is 9.71. The number of allylic oxidation sites excluding steroid dienone is 2. The molecule has 0 N–H and O–H groups in total. The van der Waals surface area contributed by atoms with Crippen LogP contribution < -0.4 is 28.4 Å². The molecule has 0 spiro atoms. The molecule has 4 aromatic carbocycles. The fourth-order valence-corrected chi connectivity index (χ4v) is 8.56. The SMILES string of the molecule is CCCOc1c(C(C)(C)C)cc(C(C)(C)C)c(OCOC(=O)C(C)(C)C)c1/C=C/C(=O)c1ccc(OCOC(=O)C(C)(C)C)cc1.CCCOc1c(C(C)(C)CC)cc(C(C)(C)CC)c(OCOC(=O)C(C)(C)C)c1/C=C/C(=O)c1ccc(OCOC(=O)C(C)(C)C)cc1. The lowest BCUT2D eigenvalue weighted by Gasteiger charge is -2.34. The summed E-state index contributed by atoms with van der Waals surface area (Å²) < 4.78 is 57.8. The van der Waals surface area contributed by atoms with Crippen LogP contribution in [0.1, 0.15) is 260 Å². The van der Waals surface area contributed by atoms with Crippen LogP contribution in [0.2, 0.25) is 0 Å². The molecule has 94 heavy (non-hydrogen) atoms. The van der Waals surface area contributed by atoms with Crippen LogP contribution in [0.4, 0.5) is 0 Å². The zero-order valence-corrected chi connectivity index (χ0v) is 61.7. The molecule has 0 aliphatic heterocycles. The molecule has 0 bridgehead atoms. The highest BCUT2D eigenvalue weighted by Crippen LogP contribution is 2.49. The van der Waals surface area contributed by atoms with E-state index in [1.165, 1.54) is 12.2 Å². The normalized spacial score (nSPS) is 12.5. The van der Waals surface area contributed by atoms with Crippen LogP contribution in [0.15, 0.2) is 72.8 Å². The molecule has 0 aliphatic rings. The second-order valence-corrected chi connectivity index (χ2v) is 31.0. The molecule has 0 fully saturated rings. The van der Waals surface area contributed by atoms with Crippen molar-refractivity contribution in [1.82, 2.24) is 0 Å². The summed E-state index contributed by atoms with van der Waals surface area (Å²) in [5.74, 6) is 1.24. The maximum atomic E-state index is 13.5. The van der Waals surface area contributed by atoms with E-state index in [-0.39, 0.29) is 84.3 Å². The number of hydrogen-bond acceptors (Lipinski definition) is 16. The number of rotatable bonds is 28. The highest BCUT2D eigenvalue weighted by molar-refractivity contribution is 6.08. The highest BCUT2D eigenvalue weighted by Gasteiger charge is 2.35. The van der Waals surface area contributed by atoms with Crippen LogP contribution in [0.5, 0.6) is 34.5 Å². The molecule has 0 radical (unpaired) electrons. The lowest BCUT2D eigenvalue weighted by atomic mass is 9.74. The van der Waals surface area contributed by atoms with E-state index in [0.29, 0.717) is 70.0 Å². The third-order valence-corrected chi connectivity index (χ3v) is 15.4. The fraction of sp³-hybridized carbons (Fsp3) is 0.564. The number of ether oxygens (including phenoxy) is 10. The molecular weight excluding hydrogens is 1190 g/mol. The van der Waals surface area contributed by atoms with Gasteiger partial charge in [-0.05, 0) is 215 Å². The Kier molecular flexibility index (Phi) is 28.9.